The number of nitrogens with zero attached hydrogens (tertiary/aromatic N) is 2. The smallest absolute Gasteiger partial charge is 0.261 e. The summed E-state index contributed by atoms with van der Waals surface area (Å²) in [7, 11) is 0. The highest BCUT2D eigenvalue weighted by Gasteiger charge is 2.16. The van der Waals surface area contributed by atoms with Crippen LogP contribution in [0.1, 0.15) is 16.8 Å². The van der Waals surface area contributed by atoms with Crippen LogP contribution in [0.5, 0.6) is 5.75 Å². The Morgan fingerprint density at radius 1 is 1.12 bits per heavy atom. The quantitative estimate of drug-likeness (QED) is 0.644. The summed E-state index contributed by atoms with van der Waals surface area (Å²) >= 11 is 1.63. The number of hydrogen-bond donors (Lipinski definition) is 0. The summed E-state index contributed by atoms with van der Waals surface area (Å²) < 4.78 is 5.65. The minimum Gasteiger partial charge on any atom is -0.484 e. The lowest BCUT2D eigenvalue weighted by molar-refractivity contribution is -0.134. The van der Waals surface area contributed by atoms with Crippen LogP contribution in [0.2, 0.25) is 0 Å². The van der Waals surface area contributed by atoms with Gasteiger partial charge in [-0.3, -0.25) is 9.78 Å². The van der Waals surface area contributed by atoms with Crippen LogP contribution in [0.25, 0.3) is 0 Å². The fraction of sp³-hybridized carbons (Fsp3) is 0.200. The lowest BCUT2D eigenvalue weighted by atomic mass is 10.2. The summed E-state index contributed by atoms with van der Waals surface area (Å²) in [6, 6.07) is 15.5. The number of pyridine rings is 1. The van der Waals surface area contributed by atoms with Gasteiger partial charge >= 0.3 is 0 Å². The van der Waals surface area contributed by atoms with E-state index in [-0.39, 0.29) is 12.5 Å². The first-order valence-electron chi connectivity index (χ1n) is 8.09. The zero-order chi connectivity index (χ0) is 17.5. The molecule has 1 amide bonds. The molecule has 128 valence electrons. The SMILES string of the molecule is Cc1ccc(OCC(=O)N(Cc2ccsc2)Cc2ccccn2)cc1. The van der Waals surface area contributed by atoms with Gasteiger partial charge in [0.25, 0.3) is 5.91 Å². The molecule has 4 nitrogen and oxygen atoms in total. The lowest BCUT2D eigenvalue weighted by Crippen LogP contribution is -2.34. The number of aryl methyl sites for hydroxylation is 1. The number of rotatable bonds is 7. The third-order valence-electron chi connectivity index (χ3n) is 3.77. The molecular formula is C20H20N2O2S. The van der Waals surface area contributed by atoms with Crippen LogP contribution < -0.4 is 4.74 Å². The Labute approximate surface area is 151 Å². The molecule has 2 aromatic heterocycles. The average Bonchev–Trinajstić information content (AvgIpc) is 3.14. The monoisotopic (exact) mass is 352 g/mol. The standard InChI is InChI=1S/C20H20N2O2S/c1-16-5-7-19(8-6-16)24-14-20(23)22(12-17-9-11-25-15-17)13-18-4-2-3-10-21-18/h2-11,15H,12-14H2,1H3. The van der Waals surface area contributed by atoms with E-state index in [9.17, 15) is 4.79 Å². The van der Waals surface area contributed by atoms with E-state index >= 15 is 0 Å². The van der Waals surface area contributed by atoms with Crippen LogP contribution >= 0.6 is 11.3 Å². The molecule has 0 N–H and O–H groups in total. The van der Waals surface area contributed by atoms with E-state index in [1.807, 2.05) is 60.8 Å². The highest BCUT2D eigenvalue weighted by molar-refractivity contribution is 7.07. The normalized spacial score (nSPS) is 10.4. The first-order chi connectivity index (χ1) is 12.2. The molecule has 2 heterocycles. The molecule has 0 aliphatic heterocycles. The molecule has 0 fully saturated rings. The van der Waals surface area contributed by atoms with Crippen molar-refractivity contribution in [3.63, 3.8) is 0 Å². The van der Waals surface area contributed by atoms with Crippen molar-refractivity contribution in [2.24, 2.45) is 0 Å². The van der Waals surface area contributed by atoms with Gasteiger partial charge in [0.2, 0.25) is 0 Å². The van der Waals surface area contributed by atoms with Crippen molar-refractivity contribution in [3.05, 3.63) is 82.3 Å². The third kappa shape index (κ3) is 5.16. The molecule has 0 spiro atoms. The van der Waals surface area contributed by atoms with Crippen LogP contribution in [0.3, 0.4) is 0 Å². The van der Waals surface area contributed by atoms with Crippen molar-refractivity contribution in [1.82, 2.24) is 9.88 Å². The van der Waals surface area contributed by atoms with E-state index in [1.54, 1.807) is 22.4 Å². The Balaban J connectivity index is 1.66. The first kappa shape index (κ1) is 17.2. The molecule has 0 unspecified atom stereocenters. The topological polar surface area (TPSA) is 42.4 Å². The lowest BCUT2D eigenvalue weighted by Gasteiger charge is -2.22. The van der Waals surface area contributed by atoms with Gasteiger partial charge in [0, 0.05) is 12.7 Å². The van der Waals surface area contributed by atoms with Crippen LogP contribution in [0.15, 0.2) is 65.5 Å². The minimum absolute atomic E-state index is 0.0139. The van der Waals surface area contributed by atoms with Crippen LogP contribution in [-0.4, -0.2) is 22.4 Å². The Hall–Kier alpha value is -2.66. The van der Waals surface area contributed by atoms with Gasteiger partial charge in [-0.25, -0.2) is 0 Å². The highest BCUT2D eigenvalue weighted by atomic mass is 32.1. The van der Waals surface area contributed by atoms with Crippen LogP contribution in [0.4, 0.5) is 0 Å². The number of hydrogen-bond acceptors (Lipinski definition) is 4. The Bertz CT molecular complexity index is 786. The summed E-state index contributed by atoms with van der Waals surface area (Å²) in [6.45, 7) is 3.05. The molecule has 3 aromatic rings. The van der Waals surface area contributed by atoms with Crippen molar-refractivity contribution in [3.8, 4) is 5.75 Å². The zero-order valence-electron chi connectivity index (χ0n) is 14.1. The molecule has 0 atom stereocenters. The Kier molecular flexibility index (Phi) is 5.80. The fourth-order valence-corrected chi connectivity index (χ4v) is 3.05. The van der Waals surface area contributed by atoms with Gasteiger partial charge in [0.1, 0.15) is 5.75 Å². The van der Waals surface area contributed by atoms with Crippen molar-refractivity contribution < 1.29 is 9.53 Å². The molecule has 0 saturated heterocycles. The summed E-state index contributed by atoms with van der Waals surface area (Å²) in [4.78, 5) is 18.8. The van der Waals surface area contributed by atoms with Gasteiger partial charge in [-0.05, 0) is 53.6 Å². The summed E-state index contributed by atoms with van der Waals surface area (Å²) in [5.41, 5.74) is 3.14. The predicted octanol–water partition coefficient (Wildman–Crippen LogP) is 4.06. The van der Waals surface area contributed by atoms with E-state index in [4.69, 9.17) is 4.74 Å². The van der Waals surface area contributed by atoms with Gasteiger partial charge in [0.15, 0.2) is 6.61 Å². The van der Waals surface area contributed by atoms with Crippen molar-refractivity contribution >= 4 is 17.2 Å². The fourth-order valence-electron chi connectivity index (χ4n) is 2.39. The maximum absolute atomic E-state index is 12.7. The van der Waals surface area contributed by atoms with E-state index in [0.717, 1.165) is 16.8 Å². The van der Waals surface area contributed by atoms with E-state index in [1.165, 1.54) is 0 Å². The summed E-state index contributed by atoms with van der Waals surface area (Å²) in [6.07, 6.45) is 1.74. The van der Waals surface area contributed by atoms with Gasteiger partial charge in [-0.2, -0.15) is 11.3 Å². The molecule has 5 heteroatoms. The van der Waals surface area contributed by atoms with Gasteiger partial charge < -0.3 is 9.64 Å². The Morgan fingerprint density at radius 2 is 1.96 bits per heavy atom. The molecule has 0 aliphatic rings. The maximum Gasteiger partial charge on any atom is 0.261 e. The number of thiophene rings is 1. The second-order valence-corrected chi connectivity index (χ2v) is 6.58. The largest absolute Gasteiger partial charge is 0.484 e. The van der Waals surface area contributed by atoms with E-state index < -0.39 is 0 Å². The summed E-state index contributed by atoms with van der Waals surface area (Å²) in [5.74, 6) is 0.643. The maximum atomic E-state index is 12.7. The van der Waals surface area contributed by atoms with Crippen LogP contribution in [-0.2, 0) is 17.9 Å². The van der Waals surface area contributed by atoms with E-state index in [0.29, 0.717) is 18.8 Å². The molecule has 0 saturated carbocycles. The summed E-state index contributed by atoms with van der Waals surface area (Å²) in [5, 5.41) is 4.07. The third-order valence-corrected chi connectivity index (χ3v) is 4.50. The second kappa shape index (κ2) is 8.44. The molecule has 0 radical (unpaired) electrons. The molecular weight excluding hydrogens is 332 g/mol. The van der Waals surface area contributed by atoms with Gasteiger partial charge in [-0.1, -0.05) is 23.8 Å². The van der Waals surface area contributed by atoms with Gasteiger partial charge in [-0.15, -0.1) is 0 Å². The highest BCUT2D eigenvalue weighted by Crippen LogP contribution is 2.14. The number of ether oxygens (including phenoxy) is 1. The molecule has 25 heavy (non-hydrogen) atoms. The molecule has 3 rings (SSSR count). The number of carbonyl (C=O) groups excluding carboxylic acids is 1. The van der Waals surface area contributed by atoms with Crippen molar-refractivity contribution in [1.29, 1.82) is 0 Å². The molecule has 0 bridgehead atoms. The number of aromatic nitrogens is 1. The molecule has 1 aromatic carbocycles. The predicted molar refractivity (Wildman–Crippen MR) is 99.5 cm³/mol. The van der Waals surface area contributed by atoms with E-state index in [2.05, 4.69) is 10.4 Å². The second-order valence-electron chi connectivity index (χ2n) is 5.80. The number of carbonyl (C=O) groups is 1. The number of amides is 1. The van der Waals surface area contributed by atoms with Crippen LogP contribution in [0, 0.1) is 6.92 Å². The number of benzene rings is 1. The van der Waals surface area contributed by atoms with Crippen molar-refractivity contribution in [2.45, 2.75) is 20.0 Å². The first-order valence-corrected chi connectivity index (χ1v) is 9.03. The molecule has 0 aliphatic carbocycles. The minimum atomic E-state index is -0.0579. The zero-order valence-corrected chi connectivity index (χ0v) is 14.9. The van der Waals surface area contributed by atoms with Crippen molar-refractivity contribution in [2.75, 3.05) is 6.61 Å². The van der Waals surface area contributed by atoms with Gasteiger partial charge in [0.05, 0.1) is 12.2 Å². The average molecular weight is 352 g/mol. The Morgan fingerprint density at radius 3 is 2.64 bits per heavy atom.